The standard InChI is InChI=1S/C13H15BrN2O3/c1-4-19-13(18)12(9(3)17)16-15-10-5-6-11(14)8(2)7-10/h5-7,12H,4H2,1-3H3. The zero-order valence-corrected chi connectivity index (χ0v) is 12.6. The fourth-order valence-electron chi connectivity index (χ4n) is 1.33. The number of hydrogen-bond donors (Lipinski definition) is 0. The third-order valence-electron chi connectivity index (χ3n) is 2.33. The maximum absolute atomic E-state index is 11.5. The van der Waals surface area contributed by atoms with Gasteiger partial charge in [-0.3, -0.25) is 4.79 Å². The van der Waals surface area contributed by atoms with Crippen molar-refractivity contribution in [3.63, 3.8) is 0 Å². The number of Topliss-reactive ketones (excluding diaryl/α,β-unsaturated/α-hetero) is 1. The molecule has 0 heterocycles. The number of hydrogen-bond acceptors (Lipinski definition) is 5. The third-order valence-corrected chi connectivity index (χ3v) is 3.21. The lowest BCUT2D eigenvalue weighted by molar-refractivity contribution is -0.147. The van der Waals surface area contributed by atoms with E-state index in [2.05, 4.69) is 26.2 Å². The van der Waals surface area contributed by atoms with Crippen LogP contribution in [0.4, 0.5) is 5.69 Å². The Labute approximate surface area is 120 Å². The predicted octanol–water partition coefficient (Wildman–Crippen LogP) is 3.36. The van der Waals surface area contributed by atoms with Gasteiger partial charge in [-0.05, 0) is 44.5 Å². The molecule has 19 heavy (non-hydrogen) atoms. The smallest absolute Gasteiger partial charge is 0.340 e. The normalized spacial score (nSPS) is 12.4. The Balaban J connectivity index is 2.89. The van der Waals surface area contributed by atoms with Gasteiger partial charge in [-0.2, -0.15) is 10.2 Å². The first-order valence-electron chi connectivity index (χ1n) is 5.79. The number of carbonyl (C=O) groups is 2. The van der Waals surface area contributed by atoms with Gasteiger partial charge >= 0.3 is 5.97 Å². The molecule has 0 saturated heterocycles. The van der Waals surface area contributed by atoms with Crippen LogP contribution >= 0.6 is 15.9 Å². The van der Waals surface area contributed by atoms with E-state index in [0.29, 0.717) is 5.69 Å². The highest BCUT2D eigenvalue weighted by molar-refractivity contribution is 9.10. The lowest BCUT2D eigenvalue weighted by Crippen LogP contribution is -2.28. The van der Waals surface area contributed by atoms with Crippen molar-refractivity contribution < 1.29 is 14.3 Å². The van der Waals surface area contributed by atoms with Crippen LogP contribution in [0.5, 0.6) is 0 Å². The fraction of sp³-hybridized carbons (Fsp3) is 0.385. The second kappa shape index (κ2) is 7.13. The molecule has 0 aliphatic carbocycles. The van der Waals surface area contributed by atoms with Crippen LogP contribution < -0.4 is 0 Å². The number of esters is 1. The summed E-state index contributed by atoms with van der Waals surface area (Å²) in [7, 11) is 0. The molecule has 6 heteroatoms. The highest BCUT2D eigenvalue weighted by Gasteiger charge is 2.24. The maximum Gasteiger partial charge on any atom is 0.340 e. The number of benzene rings is 1. The molecule has 0 aliphatic rings. The van der Waals surface area contributed by atoms with Gasteiger partial charge in [0, 0.05) is 4.47 Å². The van der Waals surface area contributed by atoms with Crippen LogP contribution in [-0.2, 0) is 14.3 Å². The van der Waals surface area contributed by atoms with Crippen molar-refractivity contribution in [3.05, 3.63) is 28.2 Å². The van der Waals surface area contributed by atoms with Gasteiger partial charge in [0.15, 0.2) is 5.78 Å². The molecule has 1 aromatic rings. The number of azo groups is 1. The van der Waals surface area contributed by atoms with E-state index < -0.39 is 17.8 Å². The minimum Gasteiger partial charge on any atom is -0.464 e. The summed E-state index contributed by atoms with van der Waals surface area (Å²) in [6.07, 6.45) is 0. The largest absolute Gasteiger partial charge is 0.464 e. The Morgan fingerprint density at radius 1 is 1.42 bits per heavy atom. The van der Waals surface area contributed by atoms with Crippen LogP contribution in [0, 0.1) is 6.92 Å². The molecule has 102 valence electrons. The van der Waals surface area contributed by atoms with E-state index in [0.717, 1.165) is 10.0 Å². The van der Waals surface area contributed by atoms with Gasteiger partial charge in [0.05, 0.1) is 12.3 Å². The summed E-state index contributed by atoms with van der Waals surface area (Å²) < 4.78 is 5.73. The monoisotopic (exact) mass is 326 g/mol. The van der Waals surface area contributed by atoms with E-state index in [-0.39, 0.29) is 6.61 Å². The Morgan fingerprint density at radius 3 is 2.63 bits per heavy atom. The van der Waals surface area contributed by atoms with Gasteiger partial charge in [0.1, 0.15) is 0 Å². The van der Waals surface area contributed by atoms with Crippen molar-refractivity contribution in [3.8, 4) is 0 Å². The number of nitrogens with zero attached hydrogens (tertiary/aromatic N) is 2. The van der Waals surface area contributed by atoms with Crippen molar-refractivity contribution in [2.75, 3.05) is 6.61 Å². The summed E-state index contributed by atoms with van der Waals surface area (Å²) in [5, 5.41) is 7.68. The van der Waals surface area contributed by atoms with Crippen LogP contribution in [0.15, 0.2) is 32.9 Å². The first-order chi connectivity index (χ1) is 8.95. The average Bonchev–Trinajstić information content (AvgIpc) is 2.33. The Bertz CT molecular complexity index is 515. The van der Waals surface area contributed by atoms with Gasteiger partial charge in [-0.1, -0.05) is 15.9 Å². The Morgan fingerprint density at radius 2 is 2.11 bits per heavy atom. The summed E-state index contributed by atoms with van der Waals surface area (Å²) in [6, 6.07) is 4.18. The minimum absolute atomic E-state index is 0.204. The zero-order chi connectivity index (χ0) is 14.4. The lowest BCUT2D eigenvalue weighted by atomic mass is 10.2. The first kappa shape index (κ1) is 15.5. The van der Waals surface area contributed by atoms with Crippen LogP contribution in [0.3, 0.4) is 0 Å². The van der Waals surface area contributed by atoms with E-state index in [1.165, 1.54) is 6.92 Å². The van der Waals surface area contributed by atoms with E-state index in [1.807, 2.05) is 13.0 Å². The van der Waals surface area contributed by atoms with Gasteiger partial charge in [-0.15, -0.1) is 0 Å². The van der Waals surface area contributed by atoms with Crippen LogP contribution in [0.25, 0.3) is 0 Å². The average molecular weight is 327 g/mol. The molecule has 1 rings (SSSR count). The Hall–Kier alpha value is -1.56. The molecule has 1 aromatic carbocycles. The van der Waals surface area contributed by atoms with Crippen LogP contribution in [-0.4, -0.2) is 24.4 Å². The predicted molar refractivity (Wildman–Crippen MR) is 74.5 cm³/mol. The maximum atomic E-state index is 11.5. The summed E-state index contributed by atoms with van der Waals surface area (Å²) >= 11 is 3.38. The van der Waals surface area contributed by atoms with E-state index >= 15 is 0 Å². The van der Waals surface area contributed by atoms with E-state index in [4.69, 9.17) is 4.74 Å². The van der Waals surface area contributed by atoms with E-state index in [1.54, 1.807) is 19.1 Å². The molecular formula is C13H15BrN2O3. The number of ketones is 1. The highest BCUT2D eigenvalue weighted by Crippen LogP contribution is 2.22. The molecule has 0 amide bonds. The lowest BCUT2D eigenvalue weighted by Gasteiger charge is -2.06. The molecule has 0 aromatic heterocycles. The third kappa shape index (κ3) is 4.55. The SMILES string of the molecule is CCOC(=O)C(N=Nc1ccc(Br)c(C)c1)C(C)=O. The molecule has 1 unspecified atom stereocenters. The van der Waals surface area contributed by atoms with Crippen molar-refractivity contribution >= 4 is 33.4 Å². The van der Waals surface area contributed by atoms with Crippen molar-refractivity contribution in [2.24, 2.45) is 10.2 Å². The highest BCUT2D eigenvalue weighted by atomic mass is 79.9. The summed E-state index contributed by atoms with van der Waals surface area (Å²) in [4.78, 5) is 22.9. The number of rotatable bonds is 5. The van der Waals surface area contributed by atoms with Crippen LogP contribution in [0.1, 0.15) is 19.4 Å². The molecule has 0 N–H and O–H groups in total. The summed E-state index contributed by atoms with van der Waals surface area (Å²) in [5.41, 5.74) is 1.57. The van der Waals surface area contributed by atoms with Gasteiger partial charge < -0.3 is 4.74 Å². The number of carbonyl (C=O) groups excluding carboxylic acids is 2. The van der Waals surface area contributed by atoms with Gasteiger partial charge in [0.2, 0.25) is 6.04 Å². The molecule has 0 spiro atoms. The second-order valence-electron chi connectivity index (χ2n) is 3.91. The zero-order valence-electron chi connectivity index (χ0n) is 11.0. The van der Waals surface area contributed by atoms with Crippen molar-refractivity contribution in [1.29, 1.82) is 0 Å². The molecule has 1 atom stereocenters. The molecule has 0 fully saturated rings. The van der Waals surface area contributed by atoms with E-state index in [9.17, 15) is 9.59 Å². The number of halogens is 1. The van der Waals surface area contributed by atoms with Gasteiger partial charge in [0.25, 0.3) is 0 Å². The molecule has 0 aliphatic heterocycles. The molecule has 0 radical (unpaired) electrons. The second-order valence-corrected chi connectivity index (χ2v) is 4.77. The van der Waals surface area contributed by atoms with Crippen LogP contribution in [0.2, 0.25) is 0 Å². The number of aryl methyl sites for hydroxylation is 1. The summed E-state index contributed by atoms with van der Waals surface area (Å²) in [6.45, 7) is 5.07. The quantitative estimate of drug-likeness (QED) is 0.473. The topological polar surface area (TPSA) is 68.1 Å². The van der Waals surface area contributed by atoms with Gasteiger partial charge in [-0.25, -0.2) is 4.79 Å². The Kier molecular flexibility index (Phi) is 5.82. The van der Waals surface area contributed by atoms with Crippen molar-refractivity contribution in [2.45, 2.75) is 26.8 Å². The molecule has 5 nitrogen and oxygen atoms in total. The first-order valence-corrected chi connectivity index (χ1v) is 6.59. The van der Waals surface area contributed by atoms with Crippen molar-refractivity contribution in [1.82, 2.24) is 0 Å². The molecule has 0 bridgehead atoms. The molecule has 0 saturated carbocycles. The minimum atomic E-state index is -1.19. The fourth-order valence-corrected chi connectivity index (χ4v) is 1.58. The molecular weight excluding hydrogens is 312 g/mol. The summed E-state index contributed by atoms with van der Waals surface area (Å²) in [5.74, 6) is -1.07. The number of ether oxygens (including phenoxy) is 1.